The fraction of sp³-hybridized carbons (Fsp3) is 0.133. The largest absolute Gasteiger partial charge is 0.373 e. The van der Waals surface area contributed by atoms with Gasteiger partial charge in [-0.05, 0) is 115 Å². The second-order valence-corrected chi connectivity index (χ2v) is 26.4. The molecule has 7 N–H and O–H groups in total. The number of hydrogen-bond acceptors (Lipinski definition) is 13. The van der Waals surface area contributed by atoms with Gasteiger partial charge in [0.2, 0.25) is 23.8 Å². The Bertz CT molecular complexity index is 5670. The summed E-state index contributed by atoms with van der Waals surface area (Å²) in [5.74, 6) is -3.90. The molecule has 31 heteroatoms. The van der Waals surface area contributed by atoms with E-state index >= 15 is 0 Å². The number of aliphatic imine (C=N–C) groups is 3. The van der Waals surface area contributed by atoms with Crippen LogP contribution in [0.25, 0.3) is 33.1 Å². The molecule has 0 radical (unpaired) electrons. The number of aromatic nitrogens is 6. The van der Waals surface area contributed by atoms with Gasteiger partial charge < -0.3 is 30.9 Å². The van der Waals surface area contributed by atoms with Crippen LogP contribution in [0.1, 0.15) is 57.0 Å². The monoisotopic (exact) mass is 1580 g/mol. The minimum atomic E-state index is -1.02. The maximum atomic E-state index is 15.0. The van der Waals surface area contributed by atoms with Crippen LogP contribution >= 0.6 is 62.3 Å². The molecule has 6 heterocycles. The number of halogens is 9. The van der Waals surface area contributed by atoms with Gasteiger partial charge in [0.05, 0.1) is 67.3 Å². The standard InChI is InChI=1S/C25H19BrClFN4O2.C24H17Cl2FN4O2.C24H17ClF2N4O2.CHNO.CO2/c1-2-32-21-10-14(7-8-19(21)30-25(32)34)22-16-11-15(27)12-18(28)23(16)31-24(33)20(29-22)9-13-5-3-4-6-17(13)26;2*1-31-20-9-13(6-7-18(20)29-24(31)33)21-15-10-14(25)11-17(27)22(15)30-23(32)19(28-21)8-12-4-2-3-5-16(12)26;2*2-1-3/h3-8,10-12,20H,2,9H2,1H3,(H,30,34)(H,31,33);2*2-7,9-11,19H,8H2,1H3,(H,29,33)(H,30,32);2H;. The van der Waals surface area contributed by atoms with Gasteiger partial charge in [-0.15, -0.1) is 0 Å². The quantitative estimate of drug-likeness (QED) is 0.0388. The van der Waals surface area contributed by atoms with Crippen molar-refractivity contribution in [1.29, 1.82) is 5.41 Å². The first kappa shape index (κ1) is 75.5. The van der Waals surface area contributed by atoms with Crippen LogP contribution in [-0.4, -0.2) is 93.9 Å². The molecule has 15 rings (SSSR count). The highest BCUT2D eigenvalue weighted by Gasteiger charge is 2.33. The molecule has 3 unspecified atom stereocenters. The second-order valence-electron chi connectivity index (χ2n) is 23.8. The van der Waals surface area contributed by atoms with E-state index in [1.54, 1.807) is 110 Å². The smallest absolute Gasteiger partial charge is 0.321 e. The summed E-state index contributed by atoms with van der Waals surface area (Å²) in [6, 6.07) is 42.1. The summed E-state index contributed by atoms with van der Waals surface area (Å²) >= 11 is 28.3. The number of H-pyrrole nitrogens is 3. The Hall–Kier alpha value is -11.7. The number of carbonyl (C=O) groups excluding carboxylic acids is 6. The lowest BCUT2D eigenvalue weighted by atomic mass is 9.99. The number of aromatic amines is 3. The van der Waals surface area contributed by atoms with Crippen molar-refractivity contribution in [3.05, 3.63) is 293 Å². The Labute approximate surface area is 625 Å². The number of anilines is 3. The van der Waals surface area contributed by atoms with Gasteiger partial charge in [0.1, 0.15) is 41.4 Å². The maximum Gasteiger partial charge on any atom is 0.373 e. The zero-order chi connectivity index (χ0) is 75.9. The minimum absolute atomic E-state index is 0.00728. The van der Waals surface area contributed by atoms with Crippen molar-refractivity contribution >= 4 is 160 Å². The number of benzodiazepines with no additional fused rings is 3. The van der Waals surface area contributed by atoms with E-state index in [9.17, 15) is 46.3 Å². The first-order valence-electron chi connectivity index (χ1n) is 31.8. The van der Waals surface area contributed by atoms with Gasteiger partial charge in [-0.2, -0.15) is 9.59 Å². The number of amides is 3. The molecule has 106 heavy (non-hydrogen) atoms. The minimum Gasteiger partial charge on any atom is -0.321 e. The van der Waals surface area contributed by atoms with Crippen LogP contribution in [0, 0.1) is 28.7 Å². The Balaban J connectivity index is 0.000000153. The Morgan fingerprint density at radius 3 is 1.19 bits per heavy atom. The average molecular weight is 1580 g/mol. The number of rotatable bonds is 10. The molecule has 0 aliphatic carbocycles. The number of imidazole rings is 3. The summed E-state index contributed by atoms with van der Waals surface area (Å²) in [6.07, 6.45) is 1.52. The van der Waals surface area contributed by atoms with Crippen LogP contribution in [0.4, 0.5) is 34.6 Å². The van der Waals surface area contributed by atoms with E-state index in [2.05, 4.69) is 51.8 Å². The molecule has 3 atom stereocenters. The Kier molecular flexibility index (Phi) is 23.2. The molecule has 9 aromatic carbocycles. The van der Waals surface area contributed by atoms with Gasteiger partial charge >= 0.3 is 23.2 Å². The molecular formula is C75H54BrCl4F4N13O9. The molecule has 0 saturated heterocycles. The molecule has 536 valence electrons. The van der Waals surface area contributed by atoms with Crippen molar-refractivity contribution in [3.8, 4) is 0 Å². The number of nitrogens with one attached hydrogen (secondary N) is 7. The molecule has 0 spiro atoms. The Morgan fingerprint density at radius 1 is 0.453 bits per heavy atom. The first-order valence-corrected chi connectivity index (χ1v) is 34.1. The van der Waals surface area contributed by atoms with Crippen LogP contribution < -0.4 is 33.0 Å². The zero-order valence-electron chi connectivity index (χ0n) is 55.4. The molecule has 0 fully saturated rings. The number of benzene rings is 9. The third-order valence-electron chi connectivity index (χ3n) is 17.3. The number of isocyanates is 1. The van der Waals surface area contributed by atoms with Gasteiger partial charge in [-0.3, -0.25) is 43.1 Å². The lowest BCUT2D eigenvalue weighted by molar-refractivity contribution is -0.191. The summed E-state index contributed by atoms with van der Waals surface area (Å²) in [5.41, 5.74) is 9.06. The molecular weight excluding hydrogens is 1520 g/mol. The van der Waals surface area contributed by atoms with Crippen LogP contribution in [0.2, 0.25) is 20.1 Å². The van der Waals surface area contributed by atoms with Gasteiger partial charge in [-0.25, -0.2) is 42.1 Å². The van der Waals surface area contributed by atoms with Crippen LogP contribution in [-0.2, 0) is 68.7 Å². The molecule has 3 aliphatic rings. The van der Waals surface area contributed by atoms with E-state index < -0.39 is 59.1 Å². The number of carbonyl (C=O) groups is 3. The SMILES string of the molecule is CCn1c(=O)[nH]c2ccc(C3=NC(Cc4ccccc4Br)C(=O)Nc4c(F)cc(Cl)cc43)cc21.Cn1c(=O)[nH]c2ccc(C3=NC(Cc4ccccc4Cl)C(=O)Nc4c(F)cc(Cl)cc43)cc21.Cn1c(=O)[nH]c2ccc(C3=NC(Cc4ccccc4F)C(=O)Nc4c(F)cc(Cl)cc43)cc21.N=C=O.O=C=O. The maximum absolute atomic E-state index is 15.0. The predicted octanol–water partition coefficient (Wildman–Crippen LogP) is 13.5. The van der Waals surface area contributed by atoms with Crippen molar-refractivity contribution in [2.45, 2.75) is 50.9 Å². The van der Waals surface area contributed by atoms with E-state index in [0.29, 0.717) is 107 Å². The molecule has 0 saturated carbocycles. The normalized spacial score (nSPS) is 14.9. The van der Waals surface area contributed by atoms with E-state index in [1.165, 1.54) is 21.3 Å². The summed E-state index contributed by atoms with van der Waals surface area (Å²) in [6.45, 7) is 2.36. The molecule has 22 nitrogen and oxygen atoms in total. The van der Waals surface area contributed by atoms with E-state index in [4.69, 9.17) is 76.2 Å². The fourth-order valence-corrected chi connectivity index (χ4v) is 13.5. The highest BCUT2D eigenvalue weighted by atomic mass is 79.9. The third-order valence-corrected chi connectivity index (χ3v) is 19.1. The van der Waals surface area contributed by atoms with Gasteiger partial charge in [0.15, 0.2) is 0 Å². The Morgan fingerprint density at radius 2 is 0.792 bits per heavy atom. The topological polar surface area (TPSA) is 313 Å². The summed E-state index contributed by atoms with van der Waals surface area (Å²) in [5, 5.41) is 14.4. The van der Waals surface area contributed by atoms with Crippen LogP contribution in [0.5, 0.6) is 0 Å². The van der Waals surface area contributed by atoms with Crippen molar-refractivity contribution in [2.24, 2.45) is 29.1 Å². The van der Waals surface area contributed by atoms with Crippen molar-refractivity contribution in [3.63, 3.8) is 0 Å². The van der Waals surface area contributed by atoms with E-state index in [-0.39, 0.29) is 68.2 Å². The van der Waals surface area contributed by atoms with Crippen LogP contribution in [0.3, 0.4) is 0 Å². The zero-order valence-corrected chi connectivity index (χ0v) is 60.0. The van der Waals surface area contributed by atoms with Crippen molar-refractivity contribution < 1.29 is 46.3 Å². The van der Waals surface area contributed by atoms with Gasteiger partial charge in [0, 0.05) is 97.8 Å². The van der Waals surface area contributed by atoms with E-state index in [0.717, 1.165) is 39.9 Å². The number of fused-ring (bicyclic) bond motifs is 6. The second kappa shape index (κ2) is 32.6. The number of aryl methyl sites for hydroxylation is 3. The molecule has 3 aliphatic heterocycles. The lowest BCUT2D eigenvalue weighted by Gasteiger charge is -2.12. The summed E-state index contributed by atoms with van der Waals surface area (Å²) in [4.78, 5) is 123. The molecule has 3 aromatic heterocycles. The summed E-state index contributed by atoms with van der Waals surface area (Å²) in [7, 11) is 3.27. The summed E-state index contributed by atoms with van der Waals surface area (Å²) < 4.78 is 64.4. The highest BCUT2D eigenvalue weighted by Crippen LogP contribution is 2.36. The molecule has 12 aromatic rings. The van der Waals surface area contributed by atoms with E-state index in [1.807, 2.05) is 49.4 Å². The highest BCUT2D eigenvalue weighted by molar-refractivity contribution is 9.10. The number of nitrogens with zero attached hydrogens (tertiary/aromatic N) is 6. The predicted molar refractivity (Wildman–Crippen MR) is 400 cm³/mol. The average Bonchev–Trinajstić information content (AvgIpc) is 1.59. The molecule has 3 amide bonds. The molecule has 0 bridgehead atoms. The fourth-order valence-electron chi connectivity index (χ4n) is 12.2. The van der Waals surface area contributed by atoms with Gasteiger partial charge in [-0.1, -0.05) is 135 Å². The number of hydrogen-bond donors (Lipinski definition) is 7. The van der Waals surface area contributed by atoms with Gasteiger partial charge in [0.25, 0.3) is 0 Å². The van der Waals surface area contributed by atoms with Crippen LogP contribution in [0.15, 0.2) is 198 Å². The van der Waals surface area contributed by atoms with Crippen molar-refractivity contribution in [1.82, 2.24) is 28.7 Å². The van der Waals surface area contributed by atoms with Crippen molar-refractivity contribution in [2.75, 3.05) is 16.0 Å². The third kappa shape index (κ3) is 16.2. The lowest BCUT2D eigenvalue weighted by Crippen LogP contribution is -2.28. The first-order chi connectivity index (χ1) is 50.8.